The lowest BCUT2D eigenvalue weighted by molar-refractivity contribution is 0.0978. The summed E-state index contributed by atoms with van der Waals surface area (Å²) < 4.78 is 6.88. The van der Waals surface area contributed by atoms with E-state index in [1.54, 1.807) is 0 Å². The standard InChI is InChI=1S/C14H20BrNO/c1-16-10-12(9-14-3-2-8-17-14)11-4-6-13(15)7-5-11/h4-7,12,14,16H,2-3,8-10H2,1H3. The van der Waals surface area contributed by atoms with Gasteiger partial charge in [0.05, 0.1) is 6.10 Å². The zero-order chi connectivity index (χ0) is 12.1. The van der Waals surface area contributed by atoms with Crippen molar-refractivity contribution in [3.63, 3.8) is 0 Å². The SMILES string of the molecule is CNCC(CC1CCCO1)c1ccc(Br)cc1. The van der Waals surface area contributed by atoms with Crippen LogP contribution in [0.1, 0.15) is 30.7 Å². The van der Waals surface area contributed by atoms with E-state index in [9.17, 15) is 0 Å². The Morgan fingerprint density at radius 2 is 2.18 bits per heavy atom. The monoisotopic (exact) mass is 297 g/mol. The fourth-order valence-corrected chi connectivity index (χ4v) is 2.73. The minimum absolute atomic E-state index is 0.456. The summed E-state index contributed by atoms with van der Waals surface area (Å²) in [5.41, 5.74) is 1.40. The molecule has 0 amide bonds. The molecule has 0 aromatic heterocycles. The van der Waals surface area contributed by atoms with E-state index in [1.807, 2.05) is 7.05 Å². The van der Waals surface area contributed by atoms with Gasteiger partial charge in [-0.2, -0.15) is 0 Å². The maximum absolute atomic E-state index is 5.74. The molecule has 1 aromatic carbocycles. The number of halogens is 1. The Morgan fingerprint density at radius 3 is 2.76 bits per heavy atom. The molecule has 2 rings (SSSR count). The second-order valence-electron chi connectivity index (χ2n) is 4.68. The molecule has 94 valence electrons. The molecule has 1 aromatic rings. The van der Waals surface area contributed by atoms with Gasteiger partial charge in [-0.05, 0) is 49.9 Å². The highest BCUT2D eigenvalue weighted by molar-refractivity contribution is 9.10. The largest absolute Gasteiger partial charge is 0.378 e. The van der Waals surface area contributed by atoms with Gasteiger partial charge in [-0.15, -0.1) is 0 Å². The first-order valence-corrected chi connectivity index (χ1v) is 7.10. The summed E-state index contributed by atoms with van der Waals surface area (Å²) in [5, 5.41) is 3.29. The predicted octanol–water partition coefficient (Wildman–Crippen LogP) is 3.32. The summed E-state index contributed by atoms with van der Waals surface area (Å²) in [6.45, 7) is 1.96. The van der Waals surface area contributed by atoms with Gasteiger partial charge in [0, 0.05) is 17.6 Å². The number of ether oxygens (including phenoxy) is 1. The average molecular weight is 298 g/mol. The Hall–Kier alpha value is -0.380. The summed E-state index contributed by atoms with van der Waals surface area (Å²) in [6, 6.07) is 8.66. The second-order valence-corrected chi connectivity index (χ2v) is 5.59. The van der Waals surface area contributed by atoms with E-state index in [-0.39, 0.29) is 0 Å². The second kappa shape index (κ2) is 6.53. The van der Waals surface area contributed by atoms with Crippen LogP contribution in [0.4, 0.5) is 0 Å². The van der Waals surface area contributed by atoms with Gasteiger partial charge in [0.25, 0.3) is 0 Å². The minimum atomic E-state index is 0.456. The van der Waals surface area contributed by atoms with Crippen molar-refractivity contribution >= 4 is 15.9 Å². The van der Waals surface area contributed by atoms with Gasteiger partial charge in [-0.1, -0.05) is 28.1 Å². The molecule has 1 N–H and O–H groups in total. The Morgan fingerprint density at radius 1 is 1.41 bits per heavy atom. The van der Waals surface area contributed by atoms with Crippen molar-refractivity contribution in [1.82, 2.24) is 5.32 Å². The van der Waals surface area contributed by atoms with E-state index in [0.29, 0.717) is 12.0 Å². The quantitative estimate of drug-likeness (QED) is 0.900. The summed E-state index contributed by atoms with van der Waals surface area (Å²) in [6.07, 6.45) is 4.02. The maximum atomic E-state index is 5.74. The van der Waals surface area contributed by atoms with E-state index in [2.05, 4.69) is 45.5 Å². The summed E-state index contributed by atoms with van der Waals surface area (Å²) in [7, 11) is 2.02. The molecule has 0 bridgehead atoms. The van der Waals surface area contributed by atoms with Gasteiger partial charge >= 0.3 is 0 Å². The van der Waals surface area contributed by atoms with Crippen LogP contribution in [0.25, 0.3) is 0 Å². The smallest absolute Gasteiger partial charge is 0.0582 e. The van der Waals surface area contributed by atoms with E-state index in [1.165, 1.54) is 18.4 Å². The van der Waals surface area contributed by atoms with Crippen LogP contribution in [-0.4, -0.2) is 26.3 Å². The van der Waals surface area contributed by atoms with Crippen LogP contribution >= 0.6 is 15.9 Å². The number of nitrogens with one attached hydrogen (secondary N) is 1. The van der Waals surface area contributed by atoms with Crippen molar-refractivity contribution < 1.29 is 4.74 Å². The molecule has 0 radical (unpaired) electrons. The first-order valence-electron chi connectivity index (χ1n) is 6.31. The van der Waals surface area contributed by atoms with Crippen molar-refractivity contribution in [2.24, 2.45) is 0 Å². The van der Waals surface area contributed by atoms with Crippen molar-refractivity contribution in [2.75, 3.05) is 20.2 Å². The Labute approximate surface area is 112 Å². The predicted molar refractivity (Wildman–Crippen MR) is 74.4 cm³/mol. The molecule has 1 heterocycles. The van der Waals surface area contributed by atoms with Gasteiger partial charge < -0.3 is 10.1 Å². The van der Waals surface area contributed by atoms with Gasteiger partial charge in [0.1, 0.15) is 0 Å². The Bertz CT molecular complexity index is 333. The molecule has 2 nitrogen and oxygen atoms in total. The lowest BCUT2D eigenvalue weighted by atomic mass is 9.92. The van der Waals surface area contributed by atoms with E-state index in [4.69, 9.17) is 4.74 Å². The fraction of sp³-hybridized carbons (Fsp3) is 0.571. The molecule has 17 heavy (non-hydrogen) atoms. The van der Waals surface area contributed by atoms with Gasteiger partial charge in [-0.3, -0.25) is 0 Å². The van der Waals surface area contributed by atoms with Gasteiger partial charge in [0.15, 0.2) is 0 Å². The molecule has 0 spiro atoms. The molecule has 0 saturated carbocycles. The number of likely N-dealkylation sites (N-methyl/N-ethyl adjacent to an activating group) is 1. The van der Waals surface area contributed by atoms with Crippen LogP contribution in [0.2, 0.25) is 0 Å². The molecule has 1 fully saturated rings. The molecular weight excluding hydrogens is 278 g/mol. The minimum Gasteiger partial charge on any atom is -0.378 e. The van der Waals surface area contributed by atoms with Crippen LogP contribution in [0.5, 0.6) is 0 Å². The van der Waals surface area contributed by atoms with Crippen LogP contribution in [0, 0.1) is 0 Å². The van der Waals surface area contributed by atoms with E-state index < -0.39 is 0 Å². The van der Waals surface area contributed by atoms with Crippen molar-refractivity contribution in [1.29, 1.82) is 0 Å². The van der Waals surface area contributed by atoms with Crippen LogP contribution in [0.15, 0.2) is 28.7 Å². The normalized spacial score (nSPS) is 21.6. The number of hydrogen-bond donors (Lipinski definition) is 1. The highest BCUT2D eigenvalue weighted by atomic mass is 79.9. The number of rotatable bonds is 5. The van der Waals surface area contributed by atoms with Gasteiger partial charge in [0.2, 0.25) is 0 Å². The molecular formula is C14H20BrNO. The molecule has 2 atom stereocenters. The summed E-state index contributed by atoms with van der Waals surface area (Å²) >= 11 is 3.48. The average Bonchev–Trinajstić information content (AvgIpc) is 2.82. The highest BCUT2D eigenvalue weighted by Gasteiger charge is 2.21. The zero-order valence-corrected chi connectivity index (χ0v) is 11.9. The Kier molecular flexibility index (Phi) is 5.01. The van der Waals surface area contributed by atoms with Gasteiger partial charge in [-0.25, -0.2) is 0 Å². The van der Waals surface area contributed by atoms with Crippen LogP contribution in [0.3, 0.4) is 0 Å². The number of benzene rings is 1. The van der Waals surface area contributed by atoms with E-state index >= 15 is 0 Å². The summed E-state index contributed by atoms with van der Waals surface area (Å²) in [4.78, 5) is 0. The van der Waals surface area contributed by atoms with Crippen molar-refractivity contribution in [3.8, 4) is 0 Å². The molecule has 1 aliphatic rings. The third-order valence-electron chi connectivity index (χ3n) is 3.36. The Balaban J connectivity index is 2.02. The zero-order valence-electron chi connectivity index (χ0n) is 10.3. The van der Waals surface area contributed by atoms with Crippen molar-refractivity contribution in [3.05, 3.63) is 34.3 Å². The molecule has 1 saturated heterocycles. The van der Waals surface area contributed by atoms with E-state index in [0.717, 1.165) is 24.0 Å². The molecule has 0 aliphatic carbocycles. The molecule has 2 unspecified atom stereocenters. The lowest BCUT2D eigenvalue weighted by Crippen LogP contribution is -2.21. The lowest BCUT2D eigenvalue weighted by Gasteiger charge is -2.20. The van der Waals surface area contributed by atoms with Crippen LogP contribution in [-0.2, 0) is 4.74 Å². The number of hydrogen-bond acceptors (Lipinski definition) is 2. The molecule has 3 heteroatoms. The van der Waals surface area contributed by atoms with Crippen molar-refractivity contribution in [2.45, 2.75) is 31.3 Å². The first kappa shape index (κ1) is 13.1. The highest BCUT2D eigenvalue weighted by Crippen LogP contribution is 2.27. The summed E-state index contributed by atoms with van der Waals surface area (Å²) in [5.74, 6) is 0.552. The topological polar surface area (TPSA) is 21.3 Å². The fourth-order valence-electron chi connectivity index (χ4n) is 2.47. The molecule has 1 aliphatic heterocycles. The van der Waals surface area contributed by atoms with Crippen LogP contribution < -0.4 is 5.32 Å². The first-order chi connectivity index (χ1) is 8.29. The third-order valence-corrected chi connectivity index (χ3v) is 3.89. The maximum Gasteiger partial charge on any atom is 0.0582 e. The third kappa shape index (κ3) is 3.80.